The normalized spacial score (nSPS) is 12.4. The average molecular weight is 447 g/mol. The first-order valence-electron chi connectivity index (χ1n) is 10.4. The van der Waals surface area contributed by atoms with Crippen LogP contribution in [-0.4, -0.2) is 29.5 Å². The zero-order chi connectivity index (χ0) is 23.1. The molecule has 2 aromatic carbocycles. The number of benzene rings is 2. The Bertz CT molecular complexity index is 1560. The maximum Gasteiger partial charge on any atom is 0.266 e. The quantitative estimate of drug-likeness (QED) is 0.419. The van der Waals surface area contributed by atoms with Crippen molar-refractivity contribution in [2.24, 2.45) is 0 Å². The zero-order valence-electron chi connectivity index (χ0n) is 17.8. The summed E-state index contributed by atoms with van der Waals surface area (Å²) in [7, 11) is 0. The third-order valence-corrected chi connectivity index (χ3v) is 5.61. The molecule has 0 radical (unpaired) electrons. The fourth-order valence-electron chi connectivity index (χ4n) is 3.91. The van der Waals surface area contributed by atoms with Gasteiger partial charge in [0.2, 0.25) is 0 Å². The Balaban J connectivity index is 1.78. The van der Waals surface area contributed by atoms with E-state index in [0.29, 0.717) is 28.9 Å². The second-order valence-electron chi connectivity index (χ2n) is 7.56. The number of hydrogen-bond donors (Lipinski definition) is 2. The van der Waals surface area contributed by atoms with E-state index >= 15 is 0 Å². The van der Waals surface area contributed by atoms with Gasteiger partial charge in [0, 0.05) is 0 Å². The van der Waals surface area contributed by atoms with Crippen LogP contribution in [0.4, 0.5) is 14.6 Å². The molecule has 0 amide bonds. The summed E-state index contributed by atoms with van der Waals surface area (Å²) < 4.78 is 30.4. The van der Waals surface area contributed by atoms with Crippen molar-refractivity contribution in [2.45, 2.75) is 26.3 Å². The van der Waals surface area contributed by atoms with Crippen molar-refractivity contribution in [1.29, 1.82) is 0 Å². The van der Waals surface area contributed by atoms with Crippen molar-refractivity contribution < 1.29 is 8.78 Å². The molecule has 0 saturated heterocycles. The van der Waals surface area contributed by atoms with E-state index in [0.717, 1.165) is 0 Å². The molecule has 2 N–H and O–H groups in total. The number of nitrogens with one attached hydrogen (secondary N) is 2. The Hall–Kier alpha value is -4.21. The minimum absolute atomic E-state index is 0.0326. The molecular formula is C23H19F2N7O. The van der Waals surface area contributed by atoms with Gasteiger partial charge in [0.1, 0.15) is 29.3 Å². The first-order valence-corrected chi connectivity index (χ1v) is 10.4. The van der Waals surface area contributed by atoms with Gasteiger partial charge in [0.25, 0.3) is 5.56 Å². The van der Waals surface area contributed by atoms with Crippen LogP contribution in [0.5, 0.6) is 0 Å². The zero-order valence-corrected chi connectivity index (χ0v) is 17.8. The van der Waals surface area contributed by atoms with Crippen LogP contribution >= 0.6 is 0 Å². The van der Waals surface area contributed by atoms with Gasteiger partial charge in [-0.2, -0.15) is 0 Å². The monoisotopic (exact) mass is 447 g/mol. The van der Waals surface area contributed by atoms with Crippen LogP contribution in [0.3, 0.4) is 0 Å². The van der Waals surface area contributed by atoms with Gasteiger partial charge in [-0.1, -0.05) is 19.1 Å². The number of anilines is 1. The lowest BCUT2D eigenvalue weighted by Gasteiger charge is -2.22. The highest BCUT2D eigenvalue weighted by Crippen LogP contribution is 2.27. The predicted molar refractivity (Wildman–Crippen MR) is 120 cm³/mol. The fourth-order valence-corrected chi connectivity index (χ4v) is 3.91. The highest BCUT2D eigenvalue weighted by atomic mass is 19.1. The highest BCUT2D eigenvalue weighted by Gasteiger charge is 2.24. The van der Waals surface area contributed by atoms with Gasteiger partial charge in [-0.25, -0.2) is 28.7 Å². The molecule has 8 nitrogen and oxygen atoms in total. The summed E-state index contributed by atoms with van der Waals surface area (Å²) in [6.45, 7) is 3.42. The highest BCUT2D eigenvalue weighted by molar-refractivity contribution is 5.83. The molecular weight excluding hydrogens is 428 g/mol. The van der Waals surface area contributed by atoms with Crippen molar-refractivity contribution in [3.8, 4) is 5.69 Å². The van der Waals surface area contributed by atoms with Gasteiger partial charge in [0.05, 0.1) is 29.0 Å². The van der Waals surface area contributed by atoms with Crippen molar-refractivity contribution >= 4 is 27.9 Å². The number of halogens is 2. The molecule has 166 valence electrons. The Kier molecular flexibility index (Phi) is 5.04. The van der Waals surface area contributed by atoms with Gasteiger partial charge < -0.3 is 10.3 Å². The maximum atomic E-state index is 14.9. The molecule has 0 unspecified atom stereocenters. The molecule has 0 saturated carbocycles. The van der Waals surface area contributed by atoms with E-state index in [4.69, 9.17) is 0 Å². The van der Waals surface area contributed by atoms with E-state index < -0.39 is 23.2 Å². The van der Waals surface area contributed by atoms with Gasteiger partial charge in [-0.3, -0.25) is 9.36 Å². The number of aromatic nitrogens is 6. The molecule has 5 aromatic rings. The van der Waals surface area contributed by atoms with Gasteiger partial charge in [-0.15, -0.1) is 0 Å². The van der Waals surface area contributed by atoms with Crippen molar-refractivity contribution in [3.63, 3.8) is 0 Å². The molecule has 0 fully saturated rings. The first-order chi connectivity index (χ1) is 16.0. The summed E-state index contributed by atoms with van der Waals surface area (Å²) >= 11 is 0. The lowest BCUT2D eigenvalue weighted by atomic mass is 10.1. The van der Waals surface area contributed by atoms with Gasteiger partial charge >= 0.3 is 0 Å². The van der Waals surface area contributed by atoms with E-state index in [9.17, 15) is 13.6 Å². The Labute approximate surface area is 186 Å². The summed E-state index contributed by atoms with van der Waals surface area (Å²) in [4.78, 5) is 33.8. The number of imidazole rings is 1. The number of hydrogen-bond acceptors (Lipinski definition) is 6. The van der Waals surface area contributed by atoms with E-state index in [1.54, 1.807) is 6.07 Å². The van der Waals surface area contributed by atoms with Gasteiger partial charge in [0.15, 0.2) is 11.5 Å². The van der Waals surface area contributed by atoms with Crippen LogP contribution in [-0.2, 0) is 0 Å². The van der Waals surface area contributed by atoms with E-state index in [1.807, 2.05) is 6.92 Å². The lowest BCUT2D eigenvalue weighted by Crippen LogP contribution is -2.29. The van der Waals surface area contributed by atoms with Crippen molar-refractivity contribution in [1.82, 2.24) is 29.5 Å². The van der Waals surface area contributed by atoms with Crippen LogP contribution in [0, 0.1) is 18.6 Å². The van der Waals surface area contributed by atoms with Crippen LogP contribution in [0.1, 0.15) is 30.8 Å². The van der Waals surface area contributed by atoms with E-state index in [1.165, 1.54) is 54.5 Å². The van der Waals surface area contributed by atoms with E-state index in [-0.39, 0.29) is 22.5 Å². The van der Waals surface area contributed by atoms with Crippen LogP contribution < -0.4 is 10.9 Å². The summed E-state index contributed by atoms with van der Waals surface area (Å²) in [6.07, 6.45) is 3.38. The smallest absolute Gasteiger partial charge is 0.266 e. The SMILES string of the molecule is CC[C@H](Nc1ncnc2nc[nH]c12)c1nc2ccc(F)c(C)c2c(=O)n1-c1ccccc1F. The molecule has 0 aliphatic carbocycles. The second kappa shape index (κ2) is 8.05. The maximum absolute atomic E-state index is 14.9. The standard InChI is InChI=1S/C23H19F2N7O/c1-3-15(30-21-19-20(27-10-26-19)28-11-29-21)22-31-16-9-8-13(24)12(2)18(16)23(33)32(22)17-7-5-4-6-14(17)25/h4-11,15H,3H2,1-2H3,(H2,26,27,28,29,30)/t15-/m0/s1. The number of H-pyrrole nitrogens is 1. The number of nitrogens with zero attached hydrogens (tertiary/aromatic N) is 5. The lowest BCUT2D eigenvalue weighted by molar-refractivity contribution is 0.598. The molecule has 0 spiro atoms. The van der Waals surface area contributed by atoms with Crippen LogP contribution in [0.15, 0.2) is 53.8 Å². The first kappa shape index (κ1) is 20.7. The third-order valence-electron chi connectivity index (χ3n) is 5.61. The summed E-state index contributed by atoms with van der Waals surface area (Å²) in [6, 6.07) is 8.12. The number of aryl methyl sites for hydroxylation is 1. The Morgan fingerprint density at radius 1 is 1.09 bits per heavy atom. The van der Waals surface area contributed by atoms with Crippen LogP contribution in [0.25, 0.3) is 27.8 Å². The Morgan fingerprint density at radius 3 is 2.70 bits per heavy atom. The summed E-state index contributed by atoms with van der Waals surface area (Å²) in [5.74, 6) is -0.377. The number of para-hydroxylation sites is 1. The molecule has 0 bridgehead atoms. The third kappa shape index (κ3) is 3.39. The molecule has 0 aliphatic heterocycles. The topological polar surface area (TPSA) is 101 Å². The largest absolute Gasteiger partial charge is 0.358 e. The van der Waals surface area contributed by atoms with E-state index in [2.05, 4.69) is 30.2 Å². The molecule has 5 rings (SSSR count). The fraction of sp³-hybridized carbons (Fsp3) is 0.174. The predicted octanol–water partition coefficient (Wildman–Crippen LogP) is 4.20. The van der Waals surface area contributed by atoms with Crippen LogP contribution in [0.2, 0.25) is 0 Å². The Morgan fingerprint density at radius 2 is 1.91 bits per heavy atom. The molecule has 3 heterocycles. The summed E-state index contributed by atoms with van der Waals surface area (Å²) in [5.41, 5.74) is 1.05. The summed E-state index contributed by atoms with van der Waals surface area (Å²) in [5, 5.41) is 3.39. The van der Waals surface area contributed by atoms with Gasteiger partial charge in [-0.05, 0) is 43.2 Å². The number of aromatic amines is 1. The number of fused-ring (bicyclic) bond motifs is 2. The minimum atomic E-state index is -0.594. The number of rotatable bonds is 5. The molecule has 3 aromatic heterocycles. The average Bonchev–Trinajstić information content (AvgIpc) is 3.30. The molecule has 33 heavy (non-hydrogen) atoms. The minimum Gasteiger partial charge on any atom is -0.358 e. The molecule has 10 heteroatoms. The second-order valence-corrected chi connectivity index (χ2v) is 7.56. The molecule has 0 aliphatic rings. The molecule has 1 atom stereocenters. The van der Waals surface area contributed by atoms with Crippen molar-refractivity contribution in [2.75, 3.05) is 5.32 Å². The van der Waals surface area contributed by atoms with Crippen molar-refractivity contribution in [3.05, 3.63) is 82.4 Å².